The number of hydrogen-bond acceptors (Lipinski definition) is 3. The molecular formula is C18H17BrF2N2O2. The molecule has 1 amide bonds. The van der Waals surface area contributed by atoms with Gasteiger partial charge in [0.1, 0.15) is 5.75 Å². The van der Waals surface area contributed by atoms with Crippen molar-refractivity contribution in [1.29, 1.82) is 0 Å². The first-order valence-electron chi connectivity index (χ1n) is 7.83. The predicted octanol–water partition coefficient (Wildman–Crippen LogP) is 4.79. The van der Waals surface area contributed by atoms with Crippen LogP contribution in [0.1, 0.15) is 25.8 Å². The van der Waals surface area contributed by atoms with Gasteiger partial charge in [-0.2, -0.15) is 0 Å². The second-order valence-corrected chi connectivity index (χ2v) is 6.91. The summed E-state index contributed by atoms with van der Waals surface area (Å²) in [6.45, 7) is 3.50. The average Bonchev–Trinajstić information content (AvgIpc) is 2.54. The molecule has 0 aliphatic carbocycles. The van der Waals surface area contributed by atoms with E-state index in [-0.39, 0.29) is 23.4 Å². The average molecular weight is 411 g/mol. The molecule has 0 bridgehead atoms. The Morgan fingerprint density at radius 3 is 2.68 bits per heavy atom. The van der Waals surface area contributed by atoms with Crippen molar-refractivity contribution >= 4 is 33.2 Å². The van der Waals surface area contributed by atoms with Crippen molar-refractivity contribution in [2.24, 2.45) is 0 Å². The number of nitrogen functional groups attached to an aromatic ring is 1. The number of amides is 1. The van der Waals surface area contributed by atoms with E-state index in [4.69, 9.17) is 10.5 Å². The maximum absolute atomic E-state index is 13.5. The Hall–Kier alpha value is -2.15. The molecule has 1 atom stereocenters. The van der Waals surface area contributed by atoms with E-state index in [0.717, 1.165) is 29.8 Å². The summed E-state index contributed by atoms with van der Waals surface area (Å²) in [4.78, 5) is 13.7. The summed E-state index contributed by atoms with van der Waals surface area (Å²) in [6, 6.07) is 5.49. The van der Waals surface area contributed by atoms with Gasteiger partial charge in [-0.3, -0.25) is 4.79 Å². The molecular weight excluding hydrogens is 394 g/mol. The number of rotatable bonds is 2. The lowest BCUT2D eigenvalue weighted by atomic mass is 9.95. The molecule has 25 heavy (non-hydrogen) atoms. The van der Waals surface area contributed by atoms with Gasteiger partial charge in [0.2, 0.25) is 5.91 Å². The van der Waals surface area contributed by atoms with Gasteiger partial charge in [0.15, 0.2) is 17.4 Å². The molecule has 2 aromatic carbocycles. The fraction of sp³-hybridized carbons (Fsp3) is 0.278. The number of anilines is 2. The number of nitrogens with two attached hydrogens (primary N) is 1. The highest BCUT2D eigenvalue weighted by Crippen LogP contribution is 2.44. The summed E-state index contributed by atoms with van der Waals surface area (Å²) < 4.78 is 33.3. The number of halogens is 3. The molecule has 1 aliphatic heterocycles. The first-order chi connectivity index (χ1) is 11.8. The summed E-state index contributed by atoms with van der Waals surface area (Å²) in [6.07, 6.45) is 1.46. The molecule has 7 heteroatoms. The summed E-state index contributed by atoms with van der Waals surface area (Å²) in [5, 5.41) is 0. The Morgan fingerprint density at radius 2 is 2.00 bits per heavy atom. The Balaban J connectivity index is 2.09. The summed E-state index contributed by atoms with van der Waals surface area (Å²) in [5.41, 5.74) is 7.33. The van der Waals surface area contributed by atoms with E-state index < -0.39 is 11.6 Å². The zero-order valence-corrected chi connectivity index (χ0v) is 15.4. The monoisotopic (exact) mass is 410 g/mol. The highest BCUT2D eigenvalue weighted by atomic mass is 79.9. The molecule has 0 aromatic heterocycles. The Bertz CT molecular complexity index is 857. The topological polar surface area (TPSA) is 55.6 Å². The molecule has 2 aromatic rings. The molecule has 1 aliphatic rings. The summed E-state index contributed by atoms with van der Waals surface area (Å²) >= 11 is 3.43. The minimum atomic E-state index is -1.04. The van der Waals surface area contributed by atoms with Crippen molar-refractivity contribution in [3.63, 3.8) is 0 Å². The molecule has 0 saturated carbocycles. The third-order valence-corrected chi connectivity index (χ3v) is 4.93. The van der Waals surface area contributed by atoms with Crippen molar-refractivity contribution < 1.29 is 18.3 Å². The highest BCUT2D eigenvalue weighted by Gasteiger charge is 2.29. The van der Waals surface area contributed by atoms with Crippen molar-refractivity contribution in [3.05, 3.63) is 45.9 Å². The first kappa shape index (κ1) is 17.7. The quantitative estimate of drug-likeness (QED) is 0.724. The van der Waals surface area contributed by atoms with Gasteiger partial charge in [0.25, 0.3) is 0 Å². The normalized spacial score (nSPS) is 16.5. The van der Waals surface area contributed by atoms with Crippen LogP contribution >= 0.6 is 15.9 Å². The van der Waals surface area contributed by atoms with Gasteiger partial charge in [0, 0.05) is 30.7 Å². The summed E-state index contributed by atoms with van der Waals surface area (Å²) in [7, 11) is 0. The van der Waals surface area contributed by atoms with Crippen LogP contribution in [0.5, 0.6) is 11.5 Å². The maximum atomic E-state index is 13.5. The van der Waals surface area contributed by atoms with Gasteiger partial charge in [0.05, 0.1) is 15.8 Å². The van der Waals surface area contributed by atoms with Gasteiger partial charge in [-0.15, -0.1) is 0 Å². The van der Waals surface area contributed by atoms with Gasteiger partial charge in [-0.1, -0.05) is 0 Å². The minimum Gasteiger partial charge on any atom is -0.454 e. The van der Waals surface area contributed by atoms with Crippen LogP contribution in [0.15, 0.2) is 28.7 Å². The maximum Gasteiger partial charge on any atom is 0.224 e. The van der Waals surface area contributed by atoms with Gasteiger partial charge < -0.3 is 15.4 Å². The van der Waals surface area contributed by atoms with E-state index in [1.165, 1.54) is 6.92 Å². The van der Waals surface area contributed by atoms with E-state index in [1.54, 1.807) is 11.0 Å². The fourth-order valence-corrected chi connectivity index (χ4v) is 3.56. The van der Waals surface area contributed by atoms with Crippen molar-refractivity contribution in [1.82, 2.24) is 0 Å². The van der Waals surface area contributed by atoms with E-state index in [0.29, 0.717) is 16.6 Å². The molecule has 0 fully saturated rings. The molecule has 2 N–H and O–H groups in total. The van der Waals surface area contributed by atoms with Gasteiger partial charge in [-0.05, 0) is 47.8 Å². The van der Waals surface area contributed by atoms with Crippen molar-refractivity contribution in [2.45, 2.75) is 32.7 Å². The van der Waals surface area contributed by atoms with E-state index in [9.17, 15) is 13.6 Å². The molecule has 4 nitrogen and oxygen atoms in total. The number of carbonyl (C=O) groups is 1. The first-order valence-corrected chi connectivity index (χ1v) is 8.62. The zero-order valence-electron chi connectivity index (χ0n) is 13.8. The summed E-state index contributed by atoms with van der Waals surface area (Å²) in [5.74, 6) is -1.65. The van der Waals surface area contributed by atoms with Crippen molar-refractivity contribution in [2.75, 3.05) is 10.6 Å². The van der Waals surface area contributed by atoms with Crippen LogP contribution in [0.25, 0.3) is 0 Å². The van der Waals surface area contributed by atoms with Crippen LogP contribution in [0, 0.1) is 11.6 Å². The smallest absolute Gasteiger partial charge is 0.224 e. The Morgan fingerprint density at radius 1 is 1.32 bits per heavy atom. The number of hydrogen-bond donors (Lipinski definition) is 1. The SMILES string of the molecule is CC(=O)N1c2ccc(Br)c(Oc3cc(F)c(F)cc3N)c2CC[C@@H]1C. The third kappa shape index (κ3) is 3.20. The molecule has 0 unspecified atom stereocenters. The number of nitrogens with zero attached hydrogens (tertiary/aromatic N) is 1. The lowest BCUT2D eigenvalue weighted by Gasteiger charge is -2.35. The van der Waals surface area contributed by atoms with Crippen LogP contribution in [-0.2, 0) is 11.2 Å². The standard InChI is InChI=1S/C18H17BrF2N2O2/c1-9-3-4-11-16(23(9)10(2)24)6-5-12(19)18(11)25-17-8-14(21)13(20)7-15(17)22/h5-9H,3-4,22H2,1-2H3/t9-/m0/s1. The van der Waals surface area contributed by atoms with Crippen LogP contribution in [0.4, 0.5) is 20.2 Å². The van der Waals surface area contributed by atoms with Crippen LogP contribution in [-0.4, -0.2) is 11.9 Å². The molecule has 132 valence electrons. The van der Waals surface area contributed by atoms with Crippen LogP contribution in [0.3, 0.4) is 0 Å². The highest BCUT2D eigenvalue weighted by molar-refractivity contribution is 9.10. The Labute approximate surface area is 152 Å². The van der Waals surface area contributed by atoms with Gasteiger partial charge >= 0.3 is 0 Å². The van der Waals surface area contributed by atoms with E-state index in [1.807, 2.05) is 13.0 Å². The largest absolute Gasteiger partial charge is 0.454 e. The lowest BCUT2D eigenvalue weighted by molar-refractivity contribution is -0.117. The number of fused-ring (bicyclic) bond motifs is 1. The van der Waals surface area contributed by atoms with E-state index in [2.05, 4.69) is 15.9 Å². The van der Waals surface area contributed by atoms with Crippen molar-refractivity contribution in [3.8, 4) is 11.5 Å². The second kappa shape index (κ2) is 6.63. The van der Waals surface area contributed by atoms with Crippen LogP contribution < -0.4 is 15.4 Å². The molecule has 1 heterocycles. The second-order valence-electron chi connectivity index (χ2n) is 6.06. The molecule has 0 radical (unpaired) electrons. The zero-order chi connectivity index (χ0) is 18.3. The minimum absolute atomic E-state index is 0.00370. The number of ether oxygens (including phenoxy) is 1. The Kier molecular flexibility index (Phi) is 4.69. The molecule has 3 rings (SSSR count). The third-order valence-electron chi connectivity index (χ3n) is 4.30. The number of benzene rings is 2. The lowest BCUT2D eigenvalue weighted by Crippen LogP contribution is -2.40. The molecule has 0 saturated heterocycles. The fourth-order valence-electron chi connectivity index (χ4n) is 3.11. The van der Waals surface area contributed by atoms with Gasteiger partial charge in [-0.25, -0.2) is 8.78 Å². The van der Waals surface area contributed by atoms with Crippen LogP contribution in [0.2, 0.25) is 0 Å². The predicted molar refractivity (Wildman–Crippen MR) is 95.9 cm³/mol. The van der Waals surface area contributed by atoms with E-state index >= 15 is 0 Å². The molecule has 0 spiro atoms. The number of carbonyl (C=O) groups excluding carboxylic acids is 1.